The van der Waals surface area contributed by atoms with Gasteiger partial charge in [0.2, 0.25) is 5.91 Å². The molecule has 0 saturated heterocycles. The molecule has 6 nitrogen and oxygen atoms in total. The zero-order valence-electron chi connectivity index (χ0n) is 14.4. The van der Waals surface area contributed by atoms with Crippen LogP contribution < -0.4 is 14.8 Å². The largest absolute Gasteiger partial charge is 0.492 e. The van der Waals surface area contributed by atoms with Crippen LogP contribution in [0.15, 0.2) is 60.9 Å². The minimum absolute atomic E-state index is 0.0726. The van der Waals surface area contributed by atoms with Gasteiger partial charge in [-0.25, -0.2) is 4.98 Å². The highest BCUT2D eigenvalue weighted by Crippen LogP contribution is 2.34. The summed E-state index contributed by atoms with van der Waals surface area (Å²) in [5.74, 6) is 2.00. The Kier molecular flexibility index (Phi) is 4.31. The molecule has 0 bridgehead atoms. The number of imidazole rings is 1. The molecule has 132 valence electrons. The first kappa shape index (κ1) is 16.2. The molecule has 0 unspecified atom stereocenters. The number of ether oxygens (including phenoxy) is 2. The highest BCUT2D eigenvalue weighted by molar-refractivity contribution is 5.96. The molecule has 2 aromatic carbocycles. The van der Waals surface area contributed by atoms with E-state index >= 15 is 0 Å². The molecular formula is C20H19N3O3. The van der Waals surface area contributed by atoms with Crippen molar-refractivity contribution in [3.63, 3.8) is 0 Å². The number of aryl methyl sites for hydroxylation is 1. The van der Waals surface area contributed by atoms with Crippen molar-refractivity contribution in [2.75, 3.05) is 11.9 Å². The number of carbonyl (C=O) groups is 1. The molecule has 2 heterocycles. The van der Waals surface area contributed by atoms with Gasteiger partial charge in [0.05, 0.1) is 0 Å². The normalized spacial score (nSPS) is 15.2. The van der Waals surface area contributed by atoms with E-state index in [9.17, 15) is 4.79 Å². The minimum Gasteiger partial charge on any atom is -0.492 e. The maximum absolute atomic E-state index is 12.5. The average molecular weight is 349 g/mol. The van der Waals surface area contributed by atoms with Crippen molar-refractivity contribution in [3.8, 4) is 11.5 Å². The predicted octanol–water partition coefficient (Wildman–Crippen LogP) is 3.11. The van der Waals surface area contributed by atoms with Gasteiger partial charge in [-0.05, 0) is 30.3 Å². The Morgan fingerprint density at radius 2 is 2.08 bits per heavy atom. The molecule has 0 fully saturated rings. The van der Waals surface area contributed by atoms with E-state index in [4.69, 9.17) is 9.47 Å². The summed E-state index contributed by atoms with van der Waals surface area (Å²) in [7, 11) is 1.93. The molecule has 0 aliphatic carbocycles. The van der Waals surface area contributed by atoms with E-state index in [1.807, 2.05) is 66.3 Å². The predicted molar refractivity (Wildman–Crippen MR) is 97.3 cm³/mol. The van der Waals surface area contributed by atoms with Crippen LogP contribution in [0.25, 0.3) is 0 Å². The Bertz CT molecular complexity index is 918. The van der Waals surface area contributed by atoms with Crippen molar-refractivity contribution >= 4 is 11.6 Å². The highest BCUT2D eigenvalue weighted by Gasteiger charge is 2.29. The second-order valence-electron chi connectivity index (χ2n) is 6.16. The van der Waals surface area contributed by atoms with Crippen molar-refractivity contribution in [1.29, 1.82) is 0 Å². The van der Waals surface area contributed by atoms with Crippen LogP contribution in [0.1, 0.15) is 17.3 Å². The molecular weight excluding hydrogens is 330 g/mol. The van der Waals surface area contributed by atoms with Crippen molar-refractivity contribution in [2.45, 2.75) is 12.5 Å². The van der Waals surface area contributed by atoms with Crippen LogP contribution in [0.5, 0.6) is 11.5 Å². The van der Waals surface area contributed by atoms with E-state index in [0.29, 0.717) is 13.2 Å². The number of benzene rings is 2. The van der Waals surface area contributed by atoms with Crippen LogP contribution in [0.2, 0.25) is 0 Å². The number of carbonyl (C=O) groups excluding carboxylic acids is 1. The smallest absolute Gasteiger partial charge is 0.235 e. The summed E-state index contributed by atoms with van der Waals surface area (Å²) in [6.07, 6.45) is 3.62. The van der Waals surface area contributed by atoms with Crippen LogP contribution in [-0.2, 0) is 18.4 Å². The Morgan fingerprint density at radius 1 is 1.27 bits per heavy atom. The van der Waals surface area contributed by atoms with Crippen molar-refractivity contribution in [3.05, 3.63) is 72.3 Å². The van der Waals surface area contributed by atoms with Crippen LogP contribution in [-0.4, -0.2) is 22.1 Å². The van der Waals surface area contributed by atoms with Crippen molar-refractivity contribution in [1.82, 2.24) is 9.55 Å². The first-order valence-corrected chi connectivity index (χ1v) is 8.42. The first-order chi connectivity index (χ1) is 12.7. The lowest BCUT2D eigenvalue weighted by atomic mass is 10.0. The average Bonchev–Trinajstić information content (AvgIpc) is 3.27. The Hall–Kier alpha value is -3.28. The summed E-state index contributed by atoms with van der Waals surface area (Å²) in [6.45, 7) is 0.765. The summed E-state index contributed by atoms with van der Waals surface area (Å²) in [4.78, 5) is 16.8. The van der Waals surface area contributed by atoms with Gasteiger partial charge in [-0.3, -0.25) is 4.79 Å². The summed E-state index contributed by atoms with van der Waals surface area (Å²) in [5.41, 5.74) is 1.66. The number of nitrogens with zero attached hydrogens (tertiary/aromatic N) is 2. The number of amides is 1. The monoisotopic (exact) mass is 349 g/mol. The number of hydrogen-bond donors (Lipinski definition) is 1. The molecule has 1 aliphatic rings. The van der Waals surface area contributed by atoms with Crippen LogP contribution >= 0.6 is 0 Å². The van der Waals surface area contributed by atoms with E-state index in [1.54, 1.807) is 6.20 Å². The van der Waals surface area contributed by atoms with Crippen LogP contribution in [0, 0.1) is 0 Å². The van der Waals surface area contributed by atoms with E-state index in [0.717, 1.165) is 28.6 Å². The van der Waals surface area contributed by atoms with Gasteiger partial charge in [-0.15, -0.1) is 0 Å². The lowest BCUT2D eigenvalue weighted by molar-refractivity contribution is -0.117. The van der Waals surface area contributed by atoms with Gasteiger partial charge < -0.3 is 19.4 Å². The zero-order valence-corrected chi connectivity index (χ0v) is 14.4. The topological polar surface area (TPSA) is 65.4 Å². The molecule has 0 spiro atoms. The third kappa shape index (κ3) is 3.26. The fourth-order valence-electron chi connectivity index (χ4n) is 2.93. The number of hydrogen-bond acceptors (Lipinski definition) is 4. The molecule has 4 rings (SSSR count). The fourth-order valence-corrected chi connectivity index (χ4v) is 2.93. The van der Waals surface area contributed by atoms with E-state index < -0.39 is 0 Å². The maximum atomic E-state index is 12.5. The second kappa shape index (κ2) is 6.92. The summed E-state index contributed by atoms with van der Waals surface area (Å²) < 4.78 is 13.2. The number of fused-ring (bicyclic) bond motifs is 1. The van der Waals surface area contributed by atoms with Gasteiger partial charge in [0.15, 0.2) is 0 Å². The summed E-state index contributed by atoms with van der Waals surface area (Å²) in [6, 6.07) is 15.0. The molecule has 1 amide bonds. The van der Waals surface area contributed by atoms with E-state index in [-0.39, 0.29) is 11.8 Å². The fraction of sp³-hybridized carbons (Fsp3) is 0.200. The number of anilines is 1. The molecule has 1 atom stereocenters. The molecule has 6 heteroatoms. The lowest BCUT2D eigenvalue weighted by Gasteiger charge is -2.11. The van der Waals surface area contributed by atoms with E-state index in [1.165, 1.54) is 0 Å². The van der Waals surface area contributed by atoms with Crippen molar-refractivity contribution < 1.29 is 14.3 Å². The number of rotatable bonds is 5. The van der Waals surface area contributed by atoms with Gasteiger partial charge in [0.1, 0.15) is 36.5 Å². The van der Waals surface area contributed by atoms with Gasteiger partial charge in [0, 0.05) is 30.7 Å². The Labute approximate surface area is 151 Å². The molecule has 1 aliphatic heterocycles. The molecule has 26 heavy (non-hydrogen) atoms. The van der Waals surface area contributed by atoms with Gasteiger partial charge >= 0.3 is 0 Å². The van der Waals surface area contributed by atoms with Gasteiger partial charge in [-0.1, -0.05) is 18.2 Å². The molecule has 0 saturated carbocycles. The second-order valence-corrected chi connectivity index (χ2v) is 6.16. The first-order valence-electron chi connectivity index (χ1n) is 8.42. The SMILES string of the molecule is Cn1ccnc1COc1ccc(NC(=O)[C@H]2COc3ccccc32)cc1. The molecule has 0 radical (unpaired) electrons. The third-order valence-electron chi connectivity index (χ3n) is 4.43. The summed E-state index contributed by atoms with van der Waals surface area (Å²) in [5, 5.41) is 2.94. The zero-order chi connectivity index (χ0) is 17.9. The third-order valence-corrected chi connectivity index (χ3v) is 4.43. The van der Waals surface area contributed by atoms with Gasteiger partial charge in [-0.2, -0.15) is 0 Å². The molecule has 1 N–H and O–H groups in total. The Morgan fingerprint density at radius 3 is 2.85 bits per heavy atom. The Balaban J connectivity index is 1.37. The number of nitrogens with one attached hydrogen (secondary N) is 1. The van der Waals surface area contributed by atoms with Crippen molar-refractivity contribution in [2.24, 2.45) is 7.05 Å². The highest BCUT2D eigenvalue weighted by atomic mass is 16.5. The van der Waals surface area contributed by atoms with Crippen LogP contribution in [0.4, 0.5) is 5.69 Å². The standard InChI is InChI=1S/C20H19N3O3/c1-23-11-10-21-19(23)13-25-15-8-6-14(7-9-15)22-20(24)17-12-26-18-5-3-2-4-16(17)18/h2-11,17H,12-13H2,1H3,(H,22,24)/t17-/m0/s1. The lowest BCUT2D eigenvalue weighted by Crippen LogP contribution is -2.22. The molecule has 3 aromatic rings. The molecule has 1 aromatic heterocycles. The quantitative estimate of drug-likeness (QED) is 0.769. The minimum atomic E-state index is -0.287. The van der Waals surface area contributed by atoms with Crippen LogP contribution in [0.3, 0.4) is 0 Å². The number of para-hydroxylation sites is 1. The van der Waals surface area contributed by atoms with Gasteiger partial charge in [0.25, 0.3) is 0 Å². The summed E-state index contributed by atoms with van der Waals surface area (Å²) >= 11 is 0. The van der Waals surface area contributed by atoms with E-state index in [2.05, 4.69) is 10.3 Å². The maximum Gasteiger partial charge on any atom is 0.235 e. The number of aromatic nitrogens is 2.